The maximum atomic E-state index is 15.0. The van der Waals surface area contributed by atoms with Gasteiger partial charge in [0.1, 0.15) is 33.8 Å². The number of imidazole rings is 1. The topological polar surface area (TPSA) is 137 Å². The van der Waals surface area contributed by atoms with E-state index in [1.165, 1.54) is 0 Å². The van der Waals surface area contributed by atoms with Crippen LogP contribution in [0.15, 0.2) is 53.5 Å². The number of nitrogens with zero attached hydrogens (tertiary/aromatic N) is 8. The number of hydrogen-bond donors (Lipinski definition) is 0. The maximum Gasteiger partial charge on any atom is 0.410 e. The van der Waals surface area contributed by atoms with Crippen molar-refractivity contribution in [3.05, 3.63) is 64.8 Å². The van der Waals surface area contributed by atoms with E-state index < -0.39 is 17.3 Å². The molecule has 6 heterocycles. The highest BCUT2D eigenvalue weighted by atomic mass is 16.7. The predicted octanol–water partition coefficient (Wildman–Crippen LogP) is 6.21. The zero-order valence-electron chi connectivity index (χ0n) is 35.8. The lowest BCUT2D eigenvalue weighted by Gasteiger charge is -2.43. The van der Waals surface area contributed by atoms with E-state index in [9.17, 15) is 9.59 Å². The Hall–Kier alpha value is -5.41. The summed E-state index contributed by atoms with van der Waals surface area (Å²) in [7, 11) is 7.42. The zero-order chi connectivity index (χ0) is 42.1. The van der Waals surface area contributed by atoms with Crippen LogP contribution in [0.3, 0.4) is 0 Å². The van der Waals surface area contributed by atoms with Crippen LogP contribution in [0.25, 0.3) is 38.4 Å². The average molecular weight is 809 g/mol. The third kappa shape index (κ3) is 7.54. The molecule has 4 fully saturated rings. The maximum absolute atomic E-state index is 15.0. The van der Waals surface area contributed by atoms with Crippen LogP contribution in [0.5, 0.6) is 5.75 Å². The Morgan fingerprint density at radius 2 is 1.63 bits per heavy atom. The summed E-state index contributed by atoms with van der Waals surface area (Å²) < 4.78 is 26.5. The highest BCUT2D eigenvalue weighted by Crippen LogP contribution is 2.52. The molecule has 2 aromatic carbocycles. The van der Waals surface area contributed by atoms with Gasteiger partial charge in [-0.15, -0.1) is 0 Å². The summed E-state index contributed by atoms with van der Waals surface area (Å²) >= 11 is 0. The molecule has 3 aromatic heterocycles. The summed E-state index contributed by atoms with van der Waals surface area (Å²) in [5, 5.41) is 2.46. The molecule has 59 heavy (non-hydrogen) atoms. The minimum absolute atomic E-state index is 0.0610. The second-order valence-electron chi connectivity index (χ2n) is 18.4. The van der Waals surface area contributed by atoms with Crippen molar-refractivity contribution in [2.75, 3.05) is 66.1 Å². The van der Waals surface area contributed by atoms with E-state index in [2.05, 4.69) is 28.5 Å². The van der Waals surface area contributed by atoms with Crippen LogP contribution in [0.2, 0.25) is 0 Å². The zero-order valence-corrected chi connectivity index (χ0v) is 35.8. The number of hydrogen-bond acceptors (Lipinski definition) is 11. The van der Waals surface area contributed by atoms with Crippen LogP contribution in [-0.2, 0) is 20.6 Å². The van der Waals surface area contributed by atoms with Gasteiger partial charge in [0.15, 0.2) is 12.6 Å². The van der Waals surface area contributed by atoms with Gasteiger partial charge in [-0.25, -0.2) is 19.6 Å². The number of fused-ring (bicyclic) bond motifs is 5. The van der Waals surface area contributed by atoms with Gasteiger partial charge in [-0.3, -0.25) is 9.36 Å². The molecule has 0 radical (unpaired) electrons. The van der Waals surface area contributed by atoms with Crippen molar-refractivity contribution >= 4 is 50.7 Å². The van der Waals surface area contributed by atoms with Crippen molar-refractivity contribution in [3.8, 4) is 11.4 Å². The fourth-order valence-corrected chi connectivity index (χ4v) is 8.61. The summed E-state index contributed by atoms with van der Waals surface area (Å²) in [4.78, 5) is 60.1. The third-order valence-corrected chi connectivity index (χ3v) is 11.6. The molecule has 4 aliphatic rings. The van der Waals surface area contributed by atoms with Crippen molar-refractivity contribution in [1.29, 1.82) is 0 Å². The predicted molar refractivity (Wildman–Crippen MR) is 227 cm³/mol. The summed E-state index contributed by atoms with van der Waals surface area (Å²) in [5.41, 5.74) is 0.888. The van der Waals surface area contributed by atoms with E-state index in [1.807, 2.05) is 88.9 Å². The molecule has 1 saturated carbocycles. The number of carbonyl (C=O) groups is 2. The van der Waals surface area contributed by atoms with Crippen LogP contribution in [0.1, 0.15) is 59.8 Å². The van der Waals surface area contributed by atoms with E-state index in [0.29, 0.717) is 59.2 Å². The van der Waals surface area contributed by atoms with Crippen LogP contribution in [0.4, 0.5) is 15.4 Å². The standard InChI is InChI=1S/C44H56N8O7/c1-43(2,3)58-41(54)48(9)17-16-34-45-36-38(52(34)37-27-20-33(37)51(22-27)42(55)59-44(4,5)6)31-15-18-50(40(53)35(31)46-39(36)49-23-28(24-49)47(7)8)32-21-29(57-25-56-10)19-26-13-11-12-14-30(26)32/h11-15,18-19,21,27-28,33,37H,16-17,20,22-25H2,1-10H3. The Balaban J connectivity index is 1.32. The van der Waals surface area contributed by atoms with E-state index in [-0.39, 0.29) is 36.4 Å². The molecule has 314 valence electrons. The molecule has 3 atom stereocenters. The number of likely N-dealkylation sites (N-methyl/N-ethyl adjacent to an activating group) is 2. The van der Waals surface area contributed by atoms with Crippen molar-refractivity contribution in [2.24, 2.45) is 5.92 Å². The number of benzene rings is 2. The number of aromatic nitrogens is 4. The SMILES string of the molecule is COCOc1cc(-n2ccc3c(nc(N4CC(N(C)C)C4)c4nc(CCN(C)C(=O)OC(C)(C)C)n(C5C6CC5N(C(=O)OC(C)(C)C)C6)c43)c2=O)c2ccccc2c1. The first-order valence-electron chi connectivity index (χ1n) is 20.4. The van der Waals surface area contributed by atoms with Crippen LogP contribution < -0.4 is 15.2 Å². The van der Waals surface area contributed by atoms with E-state index in [1.54, 1.807) is 29.8 Å². The van der Waals surface area contributed by atoms with Gasteiger partial charge in [0, 0.05) is 81.8 Å². The normalized spacial score (nSPS) is 19.4. The molecule has 3 saturated heterocycles. The Labute approximate surface area is 344 Å². The lowest BCUT2D eigenvalue weighted by molar-refractivity contribution is 0.0206. The highest BCUT2D eigenvalue weighted by Gasteiger charge is 2.56. The minimum atomic E-state index is -0.646. The number of pyridine rings is 2. The van der Waals surface area contributed by atoms with Gasteiger partial charge in [0.2, 0.25) is 0 Å². The summed E-state index contributed by atoms with van der Waals surface area (Å²) in [6.07, 6.45) is 2.28. The average Bonchev–Trinajstić information content (AvgIpc) is 3.84. The number of rotatable bonds is 10. The van der Waals surface area contributed by atoms with E-state index >= 15 is 4.79 Å². The van der Waals surface area contributed by atoms with Gasteiger partial charge in [-0.2, -0.15) is 0 Å². The Bertz CT molecular complexity index is 2490. The van der Waals surface area contributed by atoms with E-state index in [0.717, 1.165) is 41.6 Å². The quantitative estimate of drug-likeness (QED) is 0.149. The molecule has 3 unspecified atom stereocenters. The molecule has 15 nitrogen and oxygen atoms in total. The summed E-state index contributed by atoms with van der Waals surface area (Å²) in [6.45, 7) is 13.6. The molecular formula is C44H56N8O7. The van der Waals surface area contributed by atoms with Gasteiger partial charge in [0.25, 0.3) is 5.56 Å². The van der Waals surface area contributed by atoms with Crippen LogP contribution in [-0.4, -0.2) is 130 Å². The van der Waals surface area contributed by atoms with Gasteiger partial charge < -0.3 is 43.1 Å². The molecule has 3 aliphatic heterocycles. The van der Waals surface area contributed by atoms with Crippen molar-refractivity contribution in [2.45, 2.75) is 83.7 Å². The van der Waals surface area contributed by atoms with Crippen LogP contribution in [0, 0.1) is 5.92 Å². The fourth-order valence-electron chi connectivity index (χ4n) is 8.61. The Morgan fingerprint density at radius 1 is 0.898 bits per heavy atom. The van der Waals surface area contributed by atoms with Gasteiger partial charge in [-0.05, 0) is 79.6 Å². The monoisotopic (exact) mass is 808 g/mol. The van der Waals surface area contributed by atoms with Gasteiger partial charge in [0.05, 0.1) is 23.3 Å². The molecule has 0 N–H and O–H groups in total. The van der Waals surface area contributed by atoms with Crippen LogP contribution >= 0.6 is 0 Å². The molecule has 15 heteroatoms. The molecule has 0 spiro atoms. The molecular weight excluding hydrogens is 753 g/mol. The molecule has 1 aliphatic carbocycles. The highest BCUT2D eigenvalue weighted by molar-refractivity contribution is 6.07. The Morgan fingerprint density at radius 3 is 2.32 bits per heavy atom. The number of amides is 2. The summed E-state index contributed by atoms with van der Waals surface area (Å²) in [6, 6.07) is 13.7. The minimum Gasteiger partial charge on any atom is -0.467 e. The summed E-state index contributed by atoms with van der Waals surface area (Å²) in [5.74, 6) is 2.10. The van der Waals surface area contributed by atoms with Gasteiger partial charge in [-0.1, -0.05) is 24.3 Å². The van der Waals surface area contributed by atoms with Gasteiger partial charge >= 0.3 is 12.2 Å². The number of methoxy groups -OCH3 is 1. The first-order valence-corrected chi connectivity index (χ1v) is 20.4. The molecule has 9 rings (SSSR count). The molecule has 5 aromatic rings. The fraction of sp³-hybridized carbons (Fsp3) is 0.523. The lowest BCUT2D eigenvalue weighted by Crippen LogP contribution is -2.57. The number of ether oxygens (including phenoxy) is 4. The number of carbonyl (C=O) groups excluding carboxylic acids is 2. The van der Waals surface area contributed by atoms with Crippen molar-refractivity contribution < 1.29 is 28.5 Å². The third-order valence-electron chi connectivity index (χ3n) is 11.6. The first-order chi connectivity index (χ1) is 27.9. The largest absolute Gasteiger partial charge is 0.467 e. The lowest BCUT2D eigenvalue weighted by atomic mass is 9.79. The van der Waals surface area contributed by atoms with E-state index in [4.69, 9.17) is 28.9 Å². The Kier molecular flexibility index (Phi) is 10.3. The second kappa shape index (κ2) is 15.0. The van der Waals surface area contributed by atoms with Crippen molar-refractivity contribution in [3.63, 3.8) is 0 Å². The molecule has 2 bridgehead atoms. The smallest absolute Gasteiger partial charge is 0.410 e. The molecule has 2 amide bonds. The first kappa shape index (κ1) is 40.4. The second-order valence-corrected chi connectivity index (χ2v) is 18.4. The van der Waals surface area contributed by atoms with Crippen molar-refractivity contribution in [1.82, 2.24) is 33.8 Å². The number of anilines is 1.